The number of amides is 1. The van der Waals surface area contributed by atoms with Crippen molar-refractivity contribution in [3.8, 4) is 5.75 Å². The Labute approximate surface area is 175 Å². The molecule has 9 heteroatoms. The van der Waals surface area contributed by atoms with Crippen LogP contribution >= 0.6 is 11.9 Å². The molecule has 0 aliphatic carbocycles. The zero-order valence-corrected chi connectivity index (χ0v) is 16.5. The van der Waals surface area contributed by atoms with Gasteiger partial charge in [-0.25, -0.2) is 4.31 Å². The first-order chi connectivity index (χ1) is 14.3. The Morgan fingerprint density at radius 1 is 0.933 bits per heavy atom. The fourth-order valence-corrected chi connectivity index (χ4v) is 4.55. The van der Waals surface area contributed by atoms with Gasteiger partial charge in [-0.1, -0.05) is 30.3 Å². The number of hydrogen-bond donors (Lipinski definition) is 0. The lowest BCUT2D eigenvalue weighted by Gasteiger charge is -2.26. The van der Waals surface area contributed by atoms with Gasteiger partial charge < -0.3 is 9.64 Å². The molecule has 2 aromatic rings. The maximum Gasteiger partial charge on any atom is 0.387 e. The van der Waals surface area contributed by atoms with E-state index in [0.717, 1.165) is 16.0 Å². The zero-order chi connectivity index (χ0) is 21.3. The Balaban J connectivity index is 1.32. The Hall–Kier alpha value is -2.52. The van der Waals surface area contributed by atoms with Crippen LogP contribution in [0.1, 0.15) is 5.56 Å². The van der Waals surface area contributed by atoms with E-state index in [2.05, 4.69) is 4.74 Å². The molecule has 2 aliphatic rings. The van der Waals surface area contributed by atoms with E-state index in [1.54, 1.807) is 18.2 Å². The van der Waals surface area contributed by atoms with Crippen molar-refractivity contribution in [3.05, 3.63) is 71.3 Å². The van der Waals surface area contributed by atoms with Gasteiger partial charge in [0.25, 0.3) is 5.91 Å². The fraction of sp³-hybridized carbons (Fsp3) is 0.286. The minimum Gasteiger partial charge on any atom is -0.435 e. The van der Waals surface area contributed by atoms with Crippen molar-refractivity contribution >= 4 is 17.9 Å². The fourth-order valence-electron chi connectivity index (χ4n) is 3.55. The monoisotopic (exact) mass is 438 g/mol. The zero-order valence-electron chi connectivity index (χ0n) is 15.7. The molecule has 158 valence electrons. The Bertz CT molecular complexity index is 933. The third kappa shape index (κ3) is 4.32. The summed E-state index contributed by atoms with van der Waals surface area (Å²) in [4.78, 5) is 14.5. The second kappa shape index (κ2) is 8.31. The third-order valence-electron chi connectivity index (χ3n) is 4.97. The van der Waals surface area contributed by atoms with Gasteiger partial charge >= 0.3 is 12.5 Å². The smallest absolute Gasteiger partial charge is 0.387 e. The highest BCUT2D eigenvalue weighted by Crippen LogP contribution is 2.37. The first-order valence-electron chi connectivity index (χ1n) is 9.23. The Kier molecular flexibility index (Phi) is 5.75. The van der Waals surface area contributed by atoms with Crippen LogP contribution in [0, 0.1) is 0 Å². The summed E-state index contributed by atoms with van der Waals surface area (Å²) < 4.78 is 60.0. The maximum atomic E-state index is 14.6. The van der Waals surface area contributed by atoms with Crippen molar-refractivity contribution in [2.45, 2.75) is 17.4 Å². The summed E-state index contributed by atoms with van der Waals surface area (Å²) in [6.45, 7) is -1.38. The van der Waals surface area contributed by atoms with Crippen LogP contribution in [0.15, 0.2) is 70.6 Å². The Morgan fingerprint density at radius 2 is 1.53 bits per heavy atom. The largest absolute Gasteiger partial charge is 0.435 e. The van der Waals surface area contributed by atoms with Crippen molar-refractivity contribution < 1.29 is 27.1 Å². The molecule has 0 atom stereocenters. The van der Waals surface area contributed by atoms with Gasteiger partial charge in [0.15, 0.2) is 0 Å². The molecule has 2 heterocycles. The molecule has 0 fully saturated rings. The maximum absolute atomic E-state index is 14.6. The highest BCUT2D eigenvalue weighted by Gasteiger charge is 2.46. The number of ether oxygens (including phenoxy) is 1. The number of rotatable bonds is 6. The van der Waals surface area contributed by atoms with Gasteiger partial charge in [0.05, 0.1) is 0 Å². The lowest BCUT2D eigenvalue weighted by Crippen LogP contribution is -2.42. The average Bonchev–Trinajstić information content (AvgIpc) is 3.27. The van der Waals surface area contributed by atoms with E-state index in [9.17, 15) is 22.4 Å². The molecule has 4 rings (SSSR count). The molecule has 0 bridgehead atoms. The second-order valence-corrected chi connectivity index (χ2v) is 8.22. The van der Waals surface area contributed by atoms with E-state index in [0.29, 0.717) is 13.1 Å². The third-order valence-corrected chi connectivity index (χ3v) is 5.97. The van der Waals surface area contributed by atoms with Crippen molar-refractivity contribution in [1.82, 2.24) is 9.21 Å². The number of alkyl halides is 4. The van der Waals surface area contributed by atoms with E-state index in [1.807, 2.05) is 4.31 Å². The van der Waals surface area contributed by atoms with E-state index in [4.69, 9.17) is 0 Å². The summed E-state index contributed by atoms with van der Waals surface area (Å²) in [6, 6.07) is 13.4. The number of hydrogen-bond acceptors (Lipinski definition) is 4. The van der Waals surface area contributed by atoms with E-state index in [1.165, 1.54) is 53.2 Å². The first kappa shape index (κ1) is 20.7. The summed E-state index contributed by atoms with van der Waals surface area (Å²) in [5, 5.41) is 0. The van der Waals surface area contributed by atoms with Crippen LogP contribution in [0.25, 0.3) is 0 Å². The number of carbonyl (C=O) groups is 1. The Morgan fingerprint density at radius 3 is 2.10 bits per heavy atom. The molecule has 0 saturated heterocycles. The quantitative estimate of drug-likeness (QED) is 0.377. The normalized spacial score (nSPS) is 17.0. The van der Waals surface area contributed by atoms with E-state index < -0.39 is 18.4 Å². The molecule has 30 heavy (non-hydrogen) atoms. The van der Waals surface area contributed by atoms with Gasteiger partial charge in [-0.3, -0.25) is 4.79 Å². The van der Waals surface area contributed by atoms with Gasteiger partial charge in [-0.2, -0.15) is 17.6 Å². The first-order valence-corrected chi connectivity index (χ1v) is 10.0. The van der Waals surface area contributed by atoms with Crippen LogP contribution in [0.4, 0.5) is 17.6 Å². The van der Waals surface area contributed by atoms with Crippen LogP contribution in [-0.2, 0) is 10.7 Å². The molecule has 0 spiro atoms. The molecule has 0 aromatic heterocycles. The molecular weight excluding hydrogens is 420 g/mol. The number of carbonyl (C=O) groups excluding carboxylic acids is 1. The van der Waals surface area contributed by atoms with Gasteiger partial charge in [0.1, 0.15) is 5.75 Å². The molecule has 1 amide bonds. The summed E-state index contributed by atoms with van der Waals surface area (Å²) in [7, 11) is 0. The van der Waals surface area contributed by atoms with E-state index >= 15 is 0 Å². The second-order valence-electron chi connectivity index (χ2n) is 7.05. The van der Waals surface area contributed by atoms with Gasteiger partial charge in [0, 0.05) is 36.6 Å². The topological polar surface area (TPSA) is 32.8 Å². The van der Waals surface area contributed by atoms with Crippen molar-refractivity contribution in [3.63, 3.8) is 0 Å². The van der Waals surface area contributed by atoms with Crippen LogP contribution < -0.4 is 4.74 Å². The molecule has 2 aromatic carbocycles. The molecule has 2 aliphatic heterocycles. The predicted octanol–water partition coefficient (Wildman–Crippen LogP) is 4.54. The van der Waals surface area contributed by atoms with Gasteiger partial charge in [0.2, 0.25) is 0 Å². The molecular formula is C21H18F4N2O2S. The summed E-state index contributed by atoms with van der Waals surface area (Å²) in [5.41, 5.74) is 1.63. The molecule has 4 nitrogen and oxygen atoms in total. The molecule has 0 saturated carbocycles. The van der Waals surface area contributed by atoms with Gasteiger partial charge in [-0.15, -0.1) is 0 Å². The number of halogens is 4. The van der Waals surface area contributed by atoms with Crippen LogP contribution in [0.2, 0.25) is 0 Å². The number of benzene rings is 2. The lowest BCUT2D eigenvalue weighted by atomic mass is 10.1. The van der Waals surface area contributed by atoms with Gasteiger partial charge in [-0.05, 0) is 47.4 Å². The average molecular weight is 438 g/mol. The minimum atomic E-state index is -3.56. The summed E-state index contributed by atoms with van der Waals surface area (Å²) in [6.07, 6.45) is 0. The predicted molar refractivity (Wildman–Crippen MR) is 104 cm³/mol. The van der Waals surface area contributed by atoms with E-state index in [-0.39, 0.29) is 24.4 Å². The SMILES string of the molecule is O=C(N1CC2=C(CN(Sc3ccc(OC(F)F)cc3)C2)C1)C(F)(F)c1ccccc1. The van der Waals surface area contributed by atoms with Crippen molar-refractivity contribution in [2.24, 2.45) is 0 Å². The van der Waals surface area contributed by atoms with Crippen LogP contribution in [0.5, 0.6) is 5.75 Å². The van der Waals surface area contributed by atoms with Crippen molar-refractivity contribution in [2.75, 3.05) is 26.2 Å². The lowest BCUT2D eigenvalue weighted by molar-refractivity contribution is -0.157. The molecule has 0 N–H and O–H groups in total. The minimum absolute atomic E-state index is 0.0879. The van der Waals surface area contributed by atoms with Crippen LogP contribution in [0.3, 0.4) is 0 Å². The van der Waals surface area contributed by atoms with Crippen molar-refractivity contribution in [1.29, 1.82) is 0 Å². The summed E-state index contributed by atoms with van der Waals surface area (Å²) in [5.74, 6) is -4.65. The molecule has 0 radical (unpaired) electrons. The van der Waals surface area contributed by atoms with Crippen LogP contribution in [-0.4, -0.2) is 47.9 Å². The number of nitrogens with zero attached hydrogens (tertiary/aromatic N) is 2. The summed E-state index contributed by atoms with van der Waals surface area (Å²) >= 11 is 1.44. The highest BCUT2D eigenvalue weighted by molar-refractivity contribution is 7.97. The standard InChI is InChI=1S/C21H18F4N2O2S/c22-20(23)29-17-6-8-18(9-7-17)30-27-12-14-10-26(11-15(14)13-27)19(28)21(24,25)16-4-2-1-3-5-16/h1-9,20H,10-13H2. The molecule has 0 unspecified atom stereocenters. The highest BCUT2D eigenvalue weighted by atomic mass is 32.2.